The van der Waals surface area contributed by atoms with Gasteiger partial charge in [0.05, 0.1) is 18.6 Å². The van der Waals surface area contributed by atoms with Gasteiger partial charge in [-0.2, -0.15) is 0 Å². The number of hydrogen-bond acceptors (Lipinski definition) is 2. The Hall–Kier alpha value is -2.79. The van der Waals surface area contributed by atoms with Gasteiger partial charge in [-0.05, 0) is 53.3 Å². The summed E-state index contributed by atoms with van der Waals surface area (Å²) in [5, 5.41) is 0. The first kappa shape index (κ1) is 23.9. The van der Waals surface area contributed by atoms with Crippen molar-refractivity contribution in [1.82, 2.24) is 0 Å². The molecule has 3 aromatic rings. The van der Waals surface area contributed by atoms with Gasteiger partial charge in [-0.1, -0.05) is 69.3 Å². The molecule has 0 heterocycles. The van der Waals surface area contributed by atoms with Crippen LogP contribution in [0, 0.1) is 5.82 Å². The van der Waals surface area contributed by atoms with E-state index in [1.54, 1.807) is 42.5 Å². The van der Waals surface area contributed by atoms with Gasteiger partial charge in [0.25, 0.3) is 0 Å². The first-order valence-electron chi connectivity index (χ1n) is 10.6. The molecule has 32 heavy (non-hydrogen) atoms. The topological polar surface area (TPSA) is 18.5 Å². The van der Waals surface area contributed by atoms with E-state index in [2.05, 4.69) is 20.8 Å². The molecule has 0 bridgehead atoms. The summed E-state index contributed by atoms with van der Waals surface area (Å²) in [7, 11) is 0. The van der Waals surface area contributed by atoms with Gasteiger partial charge in [-0.3, -0.25) is 0 Å². The van der Waals surface area contributed by atoms with Gasteiger partial charge in [-0.25, -0.2) is 13.2 Å². The minimum Gasteiger partial charge on any atom is -0.454 e. The third-order valence-electron chi connectivity index (χ3n) is 5.53. The lowest BCUT2D eigenvalue weighted by molar-refractivity contribution is -0.0128. The Labute approximate surface area is 188 Å². The number of halogens is 3. The van der Waals surface area contributed by atoms with Crippen LogP contribution in [0.25, 0.3) is 0 Å². The predicted molar refractivity (Wildman–Crippen MR) is 121 cm³/mol. The molecule has 0 spiro atoms. The van der Waals surface area contributed by atoms with Gasteiger partial charge in [0.1, 0.15) is 5.75 Å². The fraction of sp³-hybridized carbons (Fsp3) is 0.333. The molecule has 0 radical (unpaired) electrons. The molecule has 0 aliphatic rings. The molecule has 0 aromatic heterocycles. The smallest absolute Gasteiger partial charge is 0.250 e. The molecule has 1 unspecified atom stereocenters. The van der Waals surface area contributed by atoms with Crippen LogP contribution in [0.3, 0.4) is 0 Å². The van der Waals surface area contributed by atoms with E-state index in [0.717, 1.165) is 5.56 Å². The number of benzene rings is 3. The Bertz CT molecular complexity index is 1010. The molecule has 0 fully saturated rings. The minimum absolute atomic E-state index is 0.0572. The van der Waals surface area contributed by atoms with Gasteiger partial charge < -0.3 is 9.47 Å². The monoisotopic (exact) mass is 442 g/mol. The van der Waals surface area contributed by atoms with Crippen LogP contribution in [0.2, 0.25) is 0 Å². The largest absolute Gasteiger partial charge is 0.454 e. The molecule has 1 atom stereocenters. The van der Waals surface area contributed by atoms with E-state index in [1.165, 1.54) is 19.1 Å². The van der Waals surface area contributed by atoms with Crippen molar-refractivity contribution in [2.45, 2.75) is 51.6 Å². The number of alkyl halides is 2. The van der Waals surface area contributed by atoms with Crippen molar-refractivity contribution in [3.8, 4) is 11.5 Å². The van der Waals surface area contributed by atoms with E-state index in [4.69, 9.17) is 9.47 Å². The maximum Gasteiger partial charge on any atom is 0.250 e. The summed E-state index contributed by atoms with van der Waals surface area (Å²) >= 11 is 0. The summed E-state index contributed by atoms with van der Waals surface area (Å²) in [4.78, 5) is 0. The lowest BCUT2D eigenvalue weighted by Gasteiger charge is -2.30. The summed E-state index contributed by atoms with van der Waals surface area (Å²) in [6, 6.07) is 20.5. The molecule has 170 valence electrons. The van der Waals surface area contributed by atoms with E-state index >= 15 is 0 Å². The van der Waals surface area contributed by atoms with E-state index < -0.39 is 17.7 Å². The van der Waals surface area contributed by atoms with E-state index in [1.807, 2.05) is 18.2 Å². The highest BCUT2D eigenvalue weighted by Gasteiger charge is 2.37. The molecule has 3 rings (SSSR count). The van der Waals surface area contributed by atoms with Crippen LogP contribution < -0.4 is 4.74 Å². The third-order valence-corrected chi connectivity index (χ3v) is 5.53. The maximum absolute atomic E-state index is 14.1. The zero-order valence-corrected chi connectivity index (χ0v) is 18.9. The Morgan fingerprint density at radius 2 is 1.44 bits per heavy atom. The van der Waals surface area contributed by atoms with Crippen LogP contribution in [0.1, 0.15) is 44.4 Å². The van der Waals surface area contributed by atoms with Crippen molar-refractivity contribution >= 4 is 0 Å². The number of rotatable bonds is 8. The SMILES string of the molecule is CC(C)(C)c1ccc(C(C)(COCc2ccc(F)c(Oc3ccccc3)c2)C(F)F)cc1. The molecule has 3 aromatic carbocycles. The van der Waals surface area contributed by atoms with Crippen molar-refractivity contribution in [3.63, 3.8) is 0 Å². The minimum atomic E-state index is -2.60. The molecule has 0 saturated heterocycles. The van der Waals surface area contributed by atoms with Crippen molar-refractivity contribution in [1.29, 1.82) is 0 Å². The second-order valence-corrected chi connectivity index (χ2v) is 9.22. The second-order valence-electron chi connectivity index (χ2n) is 9.22. The standard InChI is InChI=1S/C27H29F3O2/c1-26(2,3)20-11-13-21(14-12-20)27(4,25(29)30)18-31-17-19-10-15-23(28)24(16-19)32-22-8-6-5-7-9-22/h5-16,25H,17-18H2,1-4H3. The lowest BCUT2D eigenvalue weighted by atomic mass is 9.80. The normalized spacial score (nSPS) is 13.8. The summed E-state index contributed by atoms with van der Waals surface area (Å²) < 4.78 is 53.5. The van der Waals surface area contributed by atoms with Crippen molar-refractivity contribution in [2.24, 2.45) is 0 Å². The van der Waals surface area contributed by atoms with Gasteiger partial charge in [0, 0.05) is 0 Å². The zero-order valence-electron chi connectivity index (χ0n) is 18.9. The fourth-order valence-electron chi connectivity index (χ4n) is 3.34. The Morgan fingerprint density at radius 1 is 0.812 bits per heavy atom. The molecular weight excluding hydrogens is 413 g/mol. The van der Waals surface area contributed by atoms with E-state index in [9.17, 15) is 13.2 Å². The summed E-state index contributed by atoms with van der Waals surface area (Å²) in [5.41, 5.74) is 0.721. The Morgan fingerprint density at radius 3 is 2.03 bits per heavy atom. The highest BCUT2D eigenvalue weighted by Crippen LogP contribution is 2.34. The average molecular weight is 443 g/mol. The molecule has 0 aliphatic carbocycles. The molecule has 5 heteroatoms. The Kier molecular flexibility index (Phi) is 7.29. The van der Waals surface area contributed by atoms with E-state index in [-0.39, 0.29) is 24.4 Å². The maximum atomic E-state index is 14.1. The quantitative estimate of drug-likeness (QED) is 0.357. The lowest BCUT2D eigenvalue weighted by Crippen LogP contribution is -2.36. The summed E-state index contributed by atoms with van der Waals surface area (Å²) in [6.07, 6.45) is -2.60. The van der Waals surface area contributed by atoms with Crippen LogP contribution in [0.15, 0.2) is 72.8 Å². The van der Waals surface area contributed by atoms with E-state index in [0.29, 0.717) is 16.9 Å². The highest BCUT2D eigenvalue weighted by molar-refractivity contribution is 5.35. The molecule has 0 saturated carbocycles. The van der Waals surface area contributed by atoms with Crippen molar-refractivity contribution in [3.05, 3.63) is 95.3 Å². The summed E-state index contributed by atoms with van der Waals surface area (Å²) in [5.74, 6) is 0.0640. The van der Waals surface area contributed by atoms with Crippen LogP contribution in [0.5, 0.6) is 11.5 Å². The van der Waals surface area contributed by atoms with Gasteiger partial charge >= 0.3 is 0 Å². The van der Waals surface area contributed by atoms with Gasteiger partial charge in [0.2, 0.25) is 6.43 Å². The zero-order chi connectivity index (χ0) is 23.4. The van der Waals surface area contributed by atoms with Crippen LogP contribution in [-0.4, -0.2) is 13.0 Å². The predicted octanol–water partition coefficient (Wildman–Crippen LogP) is 7.66. The molecule has 0 N–H and O–H groups in total. The summed E-state index contributed by atoms with van der Waals surface area (Å²) in [6.45, 7) is 7.62. The first-order chi connectivity index (χ1) is 15.1. The molecule has 2 nitrogen and oxygen atoms in total. The van der Waals surface area contributed by atoms with Gasteiger partial charge in [-0.15, -0.1) is 0 Å². The first-order valence-corrected chi connectivity index (χ1v) is 10.6. The second kappa shape index (κ2) is 9.78. The third kappa shape index (κ3) is 5.71. The average Bonchev–Trinajstić information content (AvgIpc) is 2.76. The number of hydrogen-bond donors (Lipinski definition) is 0. The molecular formula is C27H29F3O2. The van der Waals surface area contributed by atoms with Crippen molar-refractivity contribution in [2.75, 3.05) is 6.61 Å². The van der Waals surface area contributed by atoms with Crippen LogP contribution in [-0.2, 0) is 22.2 Å². The highest BCUT2D eigenvalue weighted by atomic mass is 19.3. The molecule has 0 aliphatic heterocycles. The Balaban J connectivity index is 1.70. The fourth-order valence-corrected chi connectivity index (χ4v) is 3.34. The number of para-hydroxylation sites is 1. The molecule has 0 amide bonds. The van der Waals surface area contributed by atoms with Crippen LogP contribution >= 0.6 is 0 Å². The van der Waals surface area contributed by atoms with Gasteiger partial charge in [0.15, 0.2) is 11.6 Å². The van der Waals surface area contributed by atoms with Crippen molar-refractivity contribution < 1.29 is 22.6 Å². The van der Waals surface area contributed by atoms with Crippen LogP contribution in [0.4, 0.5) is 13.2 Å². The number of ether oxygens (including phenoxy) is 2.